The third-order valence-electron chi connectivity index (χ3n) is 3.05. The van der Waals surface area contributed by atoms with Gasteiger partial charge < -0.3 is 15.2 Å². The van der Waals surface area contributed by atoms with Crippen molar-refractivity contribution in [3.05, 3.63) is 42.7 Å². The van der Waals surface area contributed by atoms with Crippen LogP contribution in [0.25, 0.3) is 0 Å². The summed E-state index contributed by atoms with van der Waals surface area (Å²) in [6, 6.07) is 9.26. The van der Waals surface area contributed by atoms with E-state index < -0.39 is 5.91 Å². The molecule has 1 aromatic carbocycles. The molecule has 1 heterocycles. The SMILES string of the molecule is Cn1ccnc1SCC(=O)N(CCC(N)=O)c1ccccc1. The van der Waals surface area contributed by atoms with Crippen LogP contribution in [0.4, 0.5) is 5.69 Å². The van der Waals surface area contributed by atoms with Crippen LogP contribution in [0, 0.1) is 0 Å². The molecule has 0 fully saturated rings. The fourth-order valence-corrected chi connectivity index (χ4v) is 2.73. The summed E-state index contributed by atoms with van der Waals surface area (Å²) in [6.45, 7) is 0.277. The Hall–Kier alpha value is -2.28. The Labute approximate surface area is 133 Å². The van der Waals surface area contributed by atoms with Gasteiger partial charge in [0.25, 0.3) is 0 Å². The zero-order valence-corrected chi connectivity index (χ0v) is 13.1. The average molecular weight is 318 g/mol. The molecular formula is C15H18N4O2S. The highest BCUT2D eigenvalue weighted by molar-refractivity contribution is 7.99. The summed E-state index contributed by atoms with van der Waals surface area (Å²) >= 11 is 1.36. The van der Waals surface area contributed by atoms with Crippen molar-refractivity contribution in [3.63, 3.8) is 0 Å². The standard InChI is InChI=1S/C15H18N4O2S/c1-18-10-8-17-15(18)22-11-14(21)19(9-7-13(16)20)12-5-3-2-4-6-12/h2-6,8,10H,7,9,11H2,1H3,(H2,16,20). The Kier molecular flexibility index (Phi) is 5.60. The molecule has 0 atom stereocenters. The second-order valence-electron chi connectivity index (χ2n) is 4.71. The first-order chi connectivity index (χ1) is 10.6. The third kappa shape index (κ3) is 4.36. The monoisotopic (exact) mass is 318 g/mol. The second-order valence-corrected chi connectivity index (χ2v) is 5.65. The number of imidazole rings is 1. The molecule has 0 saturated heterocycles. The lowest BCUT2D eigenvalue weighted by Crippen LogP contribution is -2.35. The van der Waals surface area contributed by atoms with Gasteiger partial charge in [0.2, 0.25) is 11.8 Å². The minimum absolute atomic E-state index is 0.0829. The molecule has 2 rings (SSSR count). The van der Waals surface area contributed by atoms with Crippen molar-refractivity contribution >= 4 is 29.3 Å². The molecule has 2 amide bonds. The van der Waals surface area contributed by atoms with Crippen molar-refractivity contribution in [2.24, 2.45) is 12.8 Å². The zero-order valence-electron chi connectivity index (χ0n) is 12.3. The lowest BCUT2D eigenvalue weighted by Gasteiger charge is -2.22. The molecule has 0 bridgehead atoms. The number of thioether (sulfide) groups is 1. The predicted molar refractivity (Wildman–Crippen MR) is 86.5 cm³/mol. The molecule has 1 aromatic heterocycles. The summed E-state index contributed by atoms with van der Waals surface area (Å²) in [4.78, 5) is 29.3. The van der Waals surface area contributed by atoms with Gasteiger partial charge in [-0.2, -0.15) is 0 Å². The van der Waals surface area contributed by atoms with E-state index in [0.29, 0.717) is 0 Å². The normalized spacial score (nSPS) is 10.4. The fourth-order valence-electron chi connectivity index (χ4n) is 1.92. The maximum Gasteiger partial charge on any atom is 0.237 e. The molecule has 2 N–H and O–H groups in total. The number of aromatic nitrogens is 2. The van der Waals surface area contributed by atoms with Crippen LogP contribution in [-0.4, -0.2) is 33.7 Å². The molecule has 0 saturated carbocycles. The first-order valence-electron chi connectivity index (χ1n) is 6.82. The number of benzene rings is 1. The third-order valence-corrected chi connectivity index (χ3v) is 4.10. The highest BCUT2D eigenvalue weighted by atomic mass is 32.2. The Morgan fingerprint density at radius 3 is 2.64 bits per heavy atom. The van der Waals surface area contributed by atoms with Gasteiger partial charge in [0.05, 0.1) is 5.75 Å². The minimum Gasteiger partial charge on any atom is -0.370 e. The molecule has 0 aliphatic heterocycles. The quantitative estimate of drug-likeness (QED) is 0.783. The summed E-state index contributed by atoms with van der Waals surface area (Å²) in [5.74, 6) is -0.260. The van der Waals surface area contributed by atoms with Gasteiger partial charge in [-0.1, -0.05) is 30.0 Å². The molecule has 0 unspecified atom stereocenters. The number of primary amides is 1. The minimum atomic E-state index is -0.425. The molecule has 0 spiro atoms. The zero-order chi connectivity index (χ0) is 15.9. The summed E-state index contributed by atoms with van der Waals surface area (Å²) in [7, 11) is 1.88. The molecule has 6 nitrogen and oxygen atoms in total. The number of amides is 2. The van der Waals surface area contributed by atoms with Gasteiger partial charge in [0, 0.05) is 38.1 Å². The molecule has 0 aliphatic rings. The van der Waals surface area contributed by atoms with Gasteiger partial charge in [0.15, 0.2) is 5.16 Å². The number of nitrogens with two attached hydrogens (primary N) is 1. The van der Waals surface area contributed by atoms with E-state index in [2.05, 4.69) is 4.98 Å². The van der Waals surface area contributed by atoms with E-state index >= 15 is 0 Å². The smallest absolute Gasteiger partial charge is 0.237 e. The van der Waals surface area contributed by atoms with E-state index in [-0.39, 0.29) is 24.6 Å². The van der Waals surface area contributed by atoms with E-state index in [1.807, 2.05) is 48.1 Å². The van der Waals surface area contributed by atoms with Crippen LogP contribution < -0.4 is 10.6 Å². The number of hydrogen-bond acceptors (Lipinski definition) is 4. The first kappa shape index (κ1) is 16.1. The number of rotatable bonds is 7. The lowest BCUT2D eigenvalue weighted by atomic mass is 10.2. The summed E-state index contributed by atoms with van der Waals surface area (Å²) < 4.78 is 1.86. The maximum absolute atomic E-state index is 12.5. The van der Waals surface area contributed by atoms with E-state index in [1.165, 1.54) is 11.8 Å². The van der Waals surface area contributed by atoms with Crippen LogP contribution >= 0.6 is 11.8 Å². The Bertz CT molecular complexity index is 642. The van der Waals surface area contributed by atoms with Gasteiger partial charge in [-0.3, -0.25) is 9.59 Å². The maximum atomic E-state index is 12.5. The number of nitrogens with zero attached hydrogens (tertiary/aromatic N) is 3. The van der Waals surface area contributed by atoms with Crippen LogP contribution in [0.2, 0.25) is 0 Å². The van der Waals surface area contributed by atoms with Crippen LogP contribution in [-0.2, 0) is 16.6 Å². The molecule has 116 valence electrons. The number of para-hydroxylation sites is 1. The van der Waals surface area contributed by atoms with Gasteiger partial charge >= 0.3 is 0 Å². The molecule has 0 radical (unpaired) electrons. The highest BCUT2D eigenvalue weighted by Crippen LogP contribution is 2.19. The fraction of sp³-hybridized carbons (Fsp3) is 0.267. The molecule has 0 aliphatic carbocycles. The topological polar surface area (TPSA) is 81.2 Å². The molecule has 2 aromatic rings. The summed E-state index contributed by atoms with van der Waals surface area (Å²) in [5.41, 5.74) is 5.95. The second kappa shape index (κ2) is 7.65. The van der Waals surface area contributed by atoms with Crippen molar-refractivity contribution in [1.82, 2.24) is 9.55 Å². The van der Waals surface area contributed by atoms with Gasteiger partial charge in [0.1, 0.15) is 0 Å². The van der Waals surface area contributed by atoms with E-state index in [1.54, 1.807) is 11.1 Å². The van der Waals surface area contributed by atoms with E-state index in [0.717, 1.165) is 10.8 Å². The Morgan fingerprint density at radius 1 is 1.32 bits per heavy atom. The average Bonchev–Trinajstić information content (AvgIpc) is 2.91. The van der Waals surface area contributed by atoms with Crippen molar-refractivity contribution in [1.29, 1.82) is 0 Å². The van der Waals surface area contributed by atoms with E-state index in [4.69, 9.17) is 5.73 Å². The largest absolute Gasteiger partial charge is 0.370 e. The molecule has 7 heteroatoms. The number of anilines is 1. The van der Waals surface area contributed by atoms with E-state index in [9.17, 15) is 9.59 Å². The van der Waals surface area contributed by atoms with Crippen LogP contribution in [0.3, 0.4) is 0 Å². The number of aryl methyl sites for hydroxylation is 1. The van der Waals surface area contributed by atoms with Gasteiger partial charge in [-0.25, -0.2) is 4.98 Å². The first-order valence-corrected chi connectivity index (χ1v) is 7.80. The highest BCUT2D eigenvalue weighted by Gasteiger charge is 2.17. The van der Waals surface area contributed by atoms with Crippen molar-refractivity contribution < 1.29 is 9.59 Å². The molecular weight excluding hydrogens is 300 g/mol. The Morgan fingerprint density at radius 2 is 2.05 bits per heavy atom. The van der Waals surface area contributed by atoms with Crippen molar-refractivity contribution in [3.8, 4) is 0 Å². The van der Waals surface area contributed by atoms with Crippen LogP contribution in [0.15, 0.2) is 47.9 Å². The van der Waals surface area contributed by atoms with Crippen molar-refractivity contribution in [2.45, 2.75) is 11.6 Å². The number of carbonyl (C=O) groups excluding carboxylic acids is 2. The molecule has 22 heavy (non-hydrogen) atoms. The summed E-state index contributed by atoms with van der Waals surface area (Å²) in [5, 5.41) is 0.774. The van der Waals surface area contributed by atoms with Crippen LogP contribution in [0.5, 0.6) is 0 Å². The van der Waals surface area contributed by atoms with Gasteiger partial charge in [-0.15, -0.1) is 0 Å². The Balaban J connectivity index is 2.05. The lowest BCUT2D eigenvalue weighted by molar-refractivity contribution is -0.118. The summed E-state index contributed by atoms with van der Waals surface area (Å²) in [6.07, 6.45) is 3.65. The van der Waals surface area contributed by atoms with Crippen LogP contribution in [0.1, 0.15) is 6.42 Å². The number of hydrogen-bond donors (Lipinski definition) is 1. The van der Waals surface area contributed by atoms with Gasteiger partial charge in [-0.05, 0) is 12.1 Å². The number of carbonyl (C=O) groups is 2. The predicted octanol–water partition coefficient (Wildman–Crippen LogP) is 1.42. The van der Waals surface area contributed by atoms with Crippen molar-refractivity contribution in [2.75, 3.05) is 17.2 Å².